The van der Waals surface area contributed by atoms with Crippen LogP contribution in [0.2, 0.25) is 0 Å². The van der Waals surface area contributed by atoms with E-state index in [-0.39, 0.29) is 17.6 Å². The third kappa shape index (κ3) is 3.62. The maximum absolute atomic E-state index is 5.93. The van der Waals surface area contributed by atoms with Gasteiger partial charge in [-0.15, -0.1) is 0 Å². The third-order valence-corrected chi connectivity index (χ3v) is 4.29. The number of rotatable bonds is 3. The summed E-state index contributed by atoms with van der Waals surface area (Å²) in [6.07, 6.45) is 0.0948. The first-order valence-electron chi connectivity index (χ1n) is 8.20. The van der Waals surface area contributed by atoms with Gasteiger partial charge in [-0.2, -0.15) is 4.98 Å². The molecular weight excluding hydrogens is 290 g/mol. The smallest absolute Gasteiger partial charge is 0.243 e. The van der Waals surface area contributed by atoms with Crippen molar-refractivity contribution < 1.29 is 9.26 Å². The van der Waals surface area contributed by atoms with E-state index in [1.54, 1.807) is 0 Å². The molecule has 1 aliphatic heterocycles. The second-order valence-electron chi connectivity index (χ2n) is 7.15. The molecule has 0 N–H and O–H groups in total. The molecule has 1 aromatic heterocycles. The fourth-order valence-electron chi connectivity index (χ4n) is 2.76. The summed E-state index contributed by atoms with van der Waals surface area (Å²) < 4.78 is 11.4. The van der Waals surface area contributed by atoms with Gasteiger partial charge in [0.05, 0.1) is 18.8 Å². The molecule has 0 spiro atoms. The van der Waals surface area contributed by atoms with Gasteiger partial charge < -0.3 is 9.26 Å². The third-order valence-electron chi connectivity index (χ3n) is 4.29. The number of benzene rings is 1. The van der Waals surface area contributed by atoms with Gasteiger partial charge in [-0.25, -0.2) is 0 Å². The van der Waals surface area contributed by atoms with Crippen LogP contribution in [0.25, 0.3) is 0 Å². The Morgan fingerprint density at radius 3 is 2.61 bits per heavy atom. The fraction of sp³-hybridized carbons (Fsp3) is 0.556. The SMILES string of the molecule is C[C@H](c1nc(C(C)(C)C)no1)N1CCO[C@@H](c2ccccc2)C1. The maximum atomic E-state index is 5.93. The molecule has 2 aromatic rings. The average Bonchev–Trinajstić information content (AvgIpc) is 3.05. The number of hydrogen-bond acceptors (Lipinski definition) is 5. The lowest BCUT2D eigenvalue weighted by Gasteiger charge is -2.35. The van der Waals surface area contributed by atoms with Crippen molar-refractivity contribution in [3.63, 3.8) is 0 Å². The van der Waals surface area contributed by atoms with Crippen LogP contribution in [0, 0.1) is 0 Å². The Kier molecular flexibility index (Phi) is 4.50. The number of nitrogens with zero attached hydrogens (tertiary/aromatic N) is 3. The van der Waals surface area contributed by atoms with Gasteiger partial charge in [-0.3, -0.25) is 4.90 Å². The quantitative estimate of drug-likeness (QED) is 0.867. The highest BCUT2D eigenvalue weighted by molar-refractivity contribution is 5.18. The Balaban J connectivity index is 1.72. The first kappa shape index (κ1) is 16.1. The number of morpholine rings is 1. The Morgan fingerprint density at radius 2 is 1.96 bits per heavy atom. The minimum atomic E-state index is -0.0982. The van der Waals surface area contributed by atoms with E-state index in [4.69, 9.17) is 9.26 Å². The van der Waals surface area contributed by atoms with E-state index < -0.39 is 0 Å². The molecule has 0 aliphatic carbocycles. The van der Waals surface area contributed by atoms with Gasteiger partial charge in [0.1, 0.15) is 0 Å². The first-order valence-corrected chi connectivity index (χ1v) is 8.20. The van der Waals surface area contributed by atoms with E-state index in [0.29, 0.717) is 12.5 Å². The lowest BCUT2D eigenvalue weighted by Crippen LogP contribution is -2.40. The summed E-state index contributed by atoms with van der Waals surface area (Å²) in [6, 6.07) is 10.4. The standard InChI is InChI=1S/C18H25N3O2/c1-13(16-19-17(20-23-16)18(2,3)4)21-10-11-22-15(12-21)14-8-6-5-7-9-14/h5-9,13,15H,10-12H2,1-4H3/t13-,15-/m1/s1. The number of hydrogen-bond donors (Lipinski definition) is 0. The average molecular weight is 315 g/mol. The summed E-state index contributed by atoms with van der Waals surface area (Å²) in [5.41, 5.74) is 1.12. The van der Waals surface area contributed by atoms with E-state index in [9.17, 15) is 0 Å². The van der Waals surface area contributed by atoms with Gasteiger partial charge in [-0.1, -0.05) is 56.3 Å². The molecule has 5 nitrogen and oxygen atoms in total. The van der Waals surface area contributed by atoms with Crippen LogP contribution in [0.1, 0.15) is 57.1 Å². The zero-order valence-electron chi connectivity index (χ0n) is 14.3. The van der Waals surface area contributed by atoms with Gasteiger partial charge >= 0.3 is 0 Å². The van der Waals surface area contributed by atoms with Crippen LogP contribution in [0.5, 0.6) is 0 Å². The molecule has 1 aliphatic rings. The van der Waals surface area contributed by atoms with Crippen LogP contribution in [0.15, 0.2) is 34.9 Å². The van der Waals surface area contributed by atoms with E-state index in [1.165, 1.54) is 5.56 Å². The molecule has 0 amide bonds. The van der Waals surface area contributed by atoms with Gasteiger partial charge in [0.15, 0.2) is 5.82 Å². The van der Waals surface area contributed by atoms with Crippen molar-refractivity contribution in [2.75, 3.05) is 19.7 Å². The first-order chi connectivity index (χ1) is 10.9. The zero-order chi connectivity index (χ0) is 16.4. The summed E-state index contributed by atoms with van der Waals surface area (Å²) in [6.45, 7) is 10.8. The minimum Gasteiger partial charge on any atom is -0.371 e. The molecule has 23 heavy (non-hydrogen) atoms. The zero-order valence-corrected chi connectivity index (χ0v) is 14.3. The van der Waals surface area contributed by atoms with Crippen LogP contribution in [-0.2, 0) is 10.2 Å². The summed E-state index contributed by atoms with van der Waals surface area (Å²) in [5.74, 6) is 1.44. The minimum absolute atomic E-state index is 0.0914. The Morgan fingerprint density at radius 1 is 1.22 bits per heavy atom. The molecule has 1 aromatic carbocycles. The molecule has 0 bridgehead atoms. The maximum Gasteiger partial charge on any atom is 0.243 e. The summed E-state index contributed by atoms with van der Waals surface area (Å²) in [5, 5.41) is 4.14. The predicted octanol–water partition coefficient (Wildman–Crippen LogP) is 3.50. The summed E-state index contributed by atoms with van der Waals surface area (Å²) in [7, 11) is 0. The largest absolute Gasteiger partial charge is 0.371 e. The summed E-state index contributed by atoms with van der Waals surface area (Å²) in [4.78, 5) is 6.94. The van der Waals surface area contributed by atoms with Crippen LogP contribution < -0.4 is 0 Å². The second kappa shape index (κ2) is 6.42. The van der Waals surface area contributed by atoms with Crippen molar-refractivity contribution in [1.82, 2.24) is 15.0 Å². The van der Waals surface area contributed by atoms with Gasteiger partial charge in [-0.05, 0) is 12.5 Å². The highest BCUT2D eigenvalue weighted by Gasteiger charge is 2.30. The Bertz CT molecular complexity index is 633. The molecule has 1 saturated heterocycles. The second-order valence-corrected chi connectivity index (χ2v) is 7.15. The lowest BCUT2D eigenvalue weighted by atomic mass is 9.96. The predicted molar refractivity (Wildman–Crippen MR) is 88.1 cm³/mol. The molecule has 0 unspecified atom stereocenters. The Labute approximate surface area is 137 Å². The molecule has 0 saturated carbocycles. The highest BCUT2D eigenvalue weighted by Crippen LogP contribution is 2.29. The molecule has 124 valence electrons. The van der Waals surface area contributed by atoms with Crippen LogP contribution in [0.4, 0.5) is 0 Å². The van der Waals surface area contributed by atoms with Crippen LogP contribution in [-0.4, -0.2) is 34.7 Å². The lowest BCUT2D eigenvalue weighted by molar-refractivity contribution is -0.0469. The van der Waals surface area contributed by atoms with Crippen LogP contribution in [0.3, 0.4) is 0 Å². The van der Waals surface area contributed by atoms with E-state index in [0.717, 1.165) is 18.9 Å². The van der Waals surface area contributed by atoms with Crippen molar-refractivity contribution in [2.45, 2.75) is 45.3 Å². The molecule has 2 heterocycles. The topological polar surface area (TPSA) is 51.4 Å². The number of ether oxygens (including phenoxy) is 1. The van der Waals surface area contributed by atoms with Crippen molar-refractivity contribution >= 4 is 0 Å². The summed E-state index contributed by atoms with van der Waals surface area (Å²) >= 11 is 0. The molecule has 2 atom stereocenters. The molecule has 5 heteroatoms. The normalized spacial score (nSPS) is 21.3. The molecule has 3 rings (SSSR count). The number of aromatic nitrogens is 2. The van der Waals surface area contributed by atoms with Crippen LogP contribution >= 0.6 is 0 Å². The van der Waals surface area contributed by atoms with Crippen molar-refractivity contribution in [3.8, 4) is 0 Å². The highest BCUT2D eigenvalue weighted by atomic mass is 16.5. The Hall–Kier alpha value is -1.72. The van der Waals surface area contributed by atoms with Crippen molar-refractivity contribution in [2.24, 2.45) is 0 Å². The molecule has 0 radical (unpaired) electrons. The van der Waals surface area contributed by atoms with Crippen molar-refractivity contribution in [1.29, 1.82) is 0 Å². The van der Waals surface area contributed by atoms with Gasteiger partial charge in [0.2, 0.25) is 5.89 Å². The van der Waals surface area contributed by atoms with E-state index >= 15 is 0 Å². The molecule has 1 fully saturated rings. The van der Waals surface area contributed by atoms with Crippen molar-refractivity contribution in [3.05, 3.63) is 47.6 Å². The fourth-order valence-corrected chi connectivity index (χ4v) is 2.76. The van der Waals surface area contributed by atoms with E-state index in [1.807, 2.05) is 6.07 Å². The van der Waals surface area contributed by atoms with Gasteiger partial charge in [0, 0.05) is 18.5 Å². The monoisotopic (exact) mass is 315 g/mol. The molecular formula is C18H25N3O2. The van der Waals surface area contributed by atoms with E-state index in [2.05, 4.69) is 67.0 Å². The van der Waals surface area contributed by atoms with Gasteiger partial charge in [0.25, 0.3) is 0 Å².